The van der Waals surface area contributed by atoms with Gasteiger partial charge in [-0.3, -0.25) is 9.59 Å². The maximum atomic E-state index is 12.4. The molecule has 0 saturated heterocycles. The molecular formula is C21H36O4. The second kappa shape index (κ2) is 9.16. The highest BCUT2D eigenvalue weighted by Crippen LogP contribution is 2.35. The van der Waals surface area contributed by atoms with E-state index in [0.29, 0.717) is 24.2 Å². The fraction of sp³-hybridized carbons (Fsp3) is 0.905. The molecular weight excluding hydrogens is 316 g/mol. The summed E-state index contributed by atoms with van der Waals surface area (Å²) in [5, 5.41) is 0. The molecule has 4 nitrogen and oxygen atoms in total. The van der Waals surface area contributed by atoms with Crippen LogP contribution in [-0.4, -0.2) is 32.1 Å². The fourth-order valence-electron chi connectivity index (χ4n) is 4.32. The number of hydrogen-bond donors (Lipinski definition) is 0. The zero-order chi connectivity index (χ0) is 18.4. The summed E-state index contributed by atoms with van der Waals surface area (Å²) < 4.78 is 10.9. The van der Waals surface area contributed by atoms with Gasteiger partial charge in [-0.1, -0.05) is 20.8 Å². The summed E-state index contributed by atoms with van der Waals surface area (Å²) in [6, 6.07) is 0. The van der Waals surface area contributed by atoms with Crippen molar-refractivity contribution in [2.45, 2.75) is 72.1 Å². The van der Waals surface area contributed by atoms with Crippen LogP contribution in [0.4, 0.5) is 0 Å². The van der Waals surface area contributed by atoms with E-state index in [9.17, 15) is 9.59 Å². The van der Waals surface area contributed by atoms with Crippen LogP contribution < -0.4 is 0 Å². The Kier molecular flexibility index (Phi) is 7.48. The van der Waals surface area contributed by atoms with Crippen molar-refractivity contribution in [3.05, 3.63) is 0 Å². The molecule has 144 valence electrons. The van der Waals surface area contributed by atoms with Gasteiger partial charge < -0.3 is 9.47 Å². The average molecular weight is 353 g/mol. The Morgan fingerprint density at radius 1 is 0.800 bits per heavy atom. The lowest BCUT2D eigenvalue weighted by atomic mass is 9.73. The summed E-state index contributed by atoms with van der Waals surface area (Å²) >= 11 is 0. The van der Waals surface area contributed by atoms with E-state index < -0.39 is 0 Å². The molecule has 0 amide bonds. The minimum Gasteiger partial charge on any atom is -0.465 e. The van der Waals surface area contributed by atoms with Gasteiger partial charge in [0.25, 0.3) is 0 Å². The summed E-state index contributed by atoms with van der Waals surface area (Å²) in [6.07, 6.45) is 7.88. The Hall–Kier alpha value is -0.900. The highest BCUT2D eigenvalue weighted by Gasteiger charge is 2.35. The van der Waals surface area contributed by atoms with Crippen LogP contribution in [-0.2, 0) is 19.1 Å². The number of carbonyl (C=O) groups excluding carboxylic acids is 2. The molecule has 0 aromatic carbocycles. The van der Waals surface area contributed by atoms with Crippen molar-refractivity contribution < 1.29 is 19.1 Å². The number of carbonyl (C=O) groups is 2. The van der Waals surface area contributed by atoms with Gasteiger partial charge in [0.05, 0.1) is 12.5 Å². The van der Waals surface area contributed by atoms with Crippen molar-refractivity contribution in [1.29, 1.82) is 0 Å². The number of rotatable bonds is 6. The molecule has 0 N–H and O–H groups in total. The van der Waals surface area contributed by atoms with Crippen molar-refractivity contribution in [3.8, 4) is 0 Å². The van der Waals surface area contributed by atoms with Gasteiger partial charge >= 0.3 is 5.97 Å². The molecule has 2 rings (SSSR count). The summed E-state index contributed by atoms with van der Waals surface area (Å²) in [4.78, 5) is 24.7. The van der Waals surface area contributed by atoms with Gasteiger partial charge in [-0.05, 0) is 63.2 Å². The molecule has 2 fully saturated rings. The predicted octanol–water partition coefficient (Wildman–Crippen LogP) is 4.40. The predicted molar refractivity (Wildman–Crippen MR) is 98.2 cm³/mol. The fourth-order valence-corrected chi connectivity index (χ4v) is 4.32. The van der Waals surface area contributed by atoms with E-state index in [-0.39, 0.29) is 23.2 Å². The normalized spacial score (nSPS) is 30.7. The molecule has 0 atom stereocenters. The third kappa shape index (κ3) is 6.09. The van der Waals surface area contributed by atoms with Gasteiger partial charge in [-0.15, -0.1) is 0 Å². The van der Waals surface area contributed by atoms with E-state index in [1.165, 1.54) is 12.8 Å². The van der Waals surface area contributed by atoms with Crippen molar-refractivity contribution in [2.24, 2.45) is 29.1 Å². The van der Waals surface area contributed by atoms with Gasteiger partial charge in [0.1, 0.15) is 5.78 Å². The molecule has 0 bridgehead atoms. The first-order valence-electron chi connectivity index (χ1n) is 10.0. The molecule has 0 unspecified atom stereocenters. The largest absolute Gasteiger partial charge is 0.465 e. The third-order valence-electron chi connectivity index (χ3n) is 6.00. The van der Waals surface area contributed by atoms with Gasteiger partial charge in [-0.25, -0.2) is 0 Å². The van der Waals surface area contributed by atoms with Crippen LogP contribution in [0.5, 0.6) is 0 Å². The first-order chi connectivity index (χ1) is 11.8. The van der Waals surface area contributed by atoms with Crippen molar-refractivity contribution in [2.75, 3.05) is 20.3 Å². The molecule has 2 aliphatic rings. The number of ketones is 1. The van der Waals surface area contributed by atoms with E-state index in [2.05, 4.69) is 0 Å². The Morgan fingerprint density at radius 2 is 1.28 bits per heavy atom. The van der Waals surface area contributed by atoms with Crippen molar-refractivity contribution in [1.82, 2.24) is 0 Å². The average Bonchev–Trinajstić information content (AvgIpc) is 2.60. The quantitative estimate of drug-likeness (QED) is 0.665. The standard InChI is InChI=1S/C21H36O4/c1-21(2,3)19(22)17-9-11-18(12-10-17)20(23)25-14-16-7-5-15(6-8-16)13-24-4/h15-18H,5-14H2,1-4H3. The first kappa shape index (κ1) is 20.4. The van der Waals surface area contributed by atoms with E-state index in [1.54, 1.807) is 7.11 Å². The van der Waals surface area contributed by atoms with Crippen molar-refractivity contribution in [3.63, 3.8) is 0 Å². The van der Waals surface area contributed by atoms with Crippen LogP contribution in [0.1, 0.15) is 72.1 Å². The molecule has 25 heavy (non-hydrogen) atoms. The third-order valence-corrected chi connectivity index (χ3v) is 6.00. The Bertz CT molecular complexity index is 435. The number of hydrogen-bond acceptors (Lipinski definition) is 4. The van der Waals surface area contributed by atoms with Crippen LogP contribution in [0.2, 0.25) is 0 Å². The number of esters is 1. The lowest BCUT2D eigenvalue weighted by Crippen LogP contribution is -2.33. The van der Waals surface area contributed by atoms with E-state index in [1.807, 2.05) is 20.8 Å². The van der Waals surface area contributed by atoms with Crippen LogP contribution in [0, 0.1) is 29.1 Å². The zero-order valence-electron chi connectivity index (χ0n) is 16.5. The number of methoxy groups -OCH3 is 1. The van der Waals surface area contributed by atoms with Gasteiger partial charge in [-0.2, -0.15) is 0 Å². The van der Waals surface area contributed by atoms with E-state index in [4.69, 9.17) is 9.47 Å². The molecule has 0 radical (unpaired) electrons. The smallest absolute Gasteiger partial charge is 0.308 e. The number of ether oxygens (including phenoxy) is 2. The highest BCUT2D eigenvalue weighted by molar-refractivity contribution is 5.86. The molecule has 2 saturated carbocycles. The van der Waals surface area contributed by atoms with Gasteiger partial charge in [0.15, 0.2) is 0 Å². The van der Waals surface area contributed by atoms with Crippen LogP contribution in [0.3, 0.4) is 0 Å². The lowest BCUT2D eigenvalue weighted by molar-refractivity contribution is -0.152. The zero-order valence-corrected chi connectivity index (χ0v) is 16.5. The van der Waals surface area contributed by atoms with Crippen LogP contribution >= 0.6 is 0 Å². The molecule has 4 heteroatoms. The van der Waals surface area contributed by atoms with Crippen molar-refractivity contribution >= 4 is 11.8 Å². The van der Waals surface area contributed by atoms with Crippen LogP contribution in [0.15, 0.2) is 0 Å². The molecule has 2 aliphatic carbocycles. The summed E-state index contributed by atoms with van der Waals surface area (Å²) in [6.45, 7) is 7.37. The second-order valence-corrected chi connectivity index (χ2v) is 9.13. The SMILES string of the molecule is COCC1CCC(COC(=O)C2CCC(C(=O)C(C)(C)C)CC2)CC1. The Balaban J connectivity index is 1.67. The molecule has 0 spiro atoms. The topological polar surface area (TPSA) is 52.6 Å². The summed E-state index contributed by atoms with van der Waals surface area (Å²) in [5.74, 6) is 1.60. The maximum absolute atomic E-state index is 12.4. The van der Waals surface area contributed by atoms with Gasteiger partial charge in [0.2, 0.25) is 0 Å². The minimum absolute atomic E-state index is 0.00570. The second-order valence-electron chi connectivity index (χ2n) is 9.13. The molecule has 0 heterocycles. The lowest BCUT2D eigenvalue weighted by Gasteiger charge is -2.31. The summed E-state index contributed by atoms with van der Waals surface area (Å²) in [5.41, 5.74) is -0.278. The highest BCUT2D eigenvalue weighted by atomic mass is 16.5. The van der Waals surface area contributed by atoms with Gasteiger partial charge in [0, 0.05) is 25.0 Å². The Morgan fingerprint density at radius 3 is 1.76 bits per heavy atom. The molecule has 0 aliphatic heterocycles. The van der Waals surface area contributed by atoms with E-state index in [0.717, 1.165) is 45.1 Å². The summed E-state index contributed by atoms with van der Waals surface area (Å²) in [7, 11) is 1.76. The molecule has 0 aromatic rings. The maximum Gasteiger partial charge on any atom is 0.308 e. The number of Topliss-reactive ketones (excluding diaryl/α,β-unsaturated/α-hetero) is 1. The van der Waals surface area contributed by atoms with Crippen LogP contribution in [0.25, 0.3) is 0 Å². The Labute approximate surface area is 153 Å². The van der Waals surface area contributed by atoms with E-state index >= 15 is 0 Å². The minimum atomic E-state index is -0.278. The first-order valence-corrected chi connectivity index (χ1v) is 10.0. The monoisotopic (exact) mass is 352 g/mol. The molecule has 0 aromatic heterocycles.